The Balaban J connectivity index is 2.42. The van der Waals surface area contributed by atoms with Gasteiger partial charge in [0.25, 0.3) is 10.0 Å². The molecule has 0 spiro atoms. The maximum atomic E-state index is 12.3. The van der Waals surface area contributed by atoms with E-state index in [9.17, 15) is 8.42 Å². The van der Waals surface area contributed by atoms with Crippen LogP contribution in [0.15, 0.2) is 44.2 Å². The number of nitrogens with one attached hydrogen (secondary N) is 1. The van der Waals surface area contributed by atoms with E-state index in [0.717, 1.165) is 0 Å². The first-order valence-corrected chi connectivity index (χ1v) is 9.54. The Labute approximate surface area is 153 Å². The minimum Gasteiger partial charge on any atom is -0.278 e. The van der Waals surface area contributed by atoms with Crippen LogP contribution in [0.25, 0.3) is 0 Å². The standard InChI is InChI=1S/C12H6Br2Cl3NO2S/c13-7-2-4-10(12(17)11(7)16)18-21(19,20)6-1-3-9(15)8(14)5-6/h1-5,18H. The summed E-state index contributed by atoms with van der Waals surface area (Å²) < 4.78 is 28.1. The minimum absolute atomic E-state index is 0.0499. The van der Waals surface area contributed by atoms with E-state index in [-0.39, 0.29) is 20.6 Å². The van der Waals surface area contributed by atoms with Gasteiger partial charge in [0.05, 0.1) is 25.7 Å². The molecule has 0 fully saturated rings. The van der Waals surface area contributed by atoms with Crippen molar-refractivity contribution in [3.63, 3.8) is 0 Å². The van der Waals surface area contributed by atoms with Crippen LogP contribution in [0, 0.1) is 0 Å². The summed E-state index contributed by atoms with van der Waals surface area (Å²) in [4.78, 5) is 0.0499. The Bertz CT molecular complexity index is 812. The topological polar surface area (TPSA) is 46.2 Å². The van der Waals surface area contributed by atoms with Gasteiger partial charge in [0, 0.05) is 8.95 Å². The van der Waals surface area contributed by atoms with Gasteiger partial charge in [-0.2, -0.15) is 0 Å². The maximum Gasteiger partial charge on any atom is 0.261 e. The molecule has 0 aliphatic heterocycles. The fraction of sp³-hybridized carbons (Fsp3) is 0. The summed E-state index contributed by atoms with van der Waals surface area (Å²) in [6.07, 6.45) is 0. The van der Waals surface area contributed by atoms with Crippen LogP contribution in [-0.2, 0) is 10.0 Å². The quantitative estimate of drug-likeness (QED) is 0.535. The van der Waals surface area contributed by atoms with Crippen molar-refractivity contribution in [2.75, 3.05) is 4.72 Å². The first-order valence-electron chi connectivity index (χ1n) is 5.34. The molecule has 2 aromatic carbocycles. The molecule has 0 unspecified atom stereocenters. The summed E-state index contributed by atoms with van der Waals surface area (Å²) in [6.45, 7) is 0. The molecule has 2 rings (SSSR count). The lowest BCUT2D eigenvalue weighted by atomic mass is 10.3. The average Bonchev–Trinajstić information content (AvgIpc) is 2.42. The van der Waals surface area contributed by atoms with Gasteiger partial charge in [-0.1, -0.05) is 34.8 Å². The van der Waals surface area contributed by atoms with Crippen molar-refractivity contribution in [2.24, 2.45) is 0 Å². The van der Waals surface area contributed by atoms with Gasteiger partial charge in [0.1, 0.15) is 0 Å². The van der Waals surface area contributed by atoms with E-state index in [4.69, 9.17) is 34.8 Å². The fourth-order valence-corrected chi connectivity index (χ4v) is 4.08. The Hall–Kier alpha value is 0.0200. The second kappa shape index (κ2) is 6.64. The molecular weight excluding hydrogens is 488 g/mol. The molecule has 0 aliphatic carbocycles. The smallest absolute Gasteiger partial charge is 0.261 e. The summed E-state index contributed by atoms with van der Waals surface area (Å²) in [5.74, 6) is 0. The molecule has 0 heterocycles. The Morgan fingerprint density at radius 3 is 2.19 bits per heavy atom. The van der Waals surface area contributed by atoms with Crippen LogP contribution in [0.5, 0.6) is 0 Å². The Morgan fingerprint density at radius 1 is 0.905 bits per heavy atom. The molecule has 0 aliphatic rings. The lowest BCUT2D eigenvalue weighted by Crippen LogP contribution is -2.13. The van der Waals surface area contributed by atoms with Crippen molar-refractivity contribution in [3.05, 3.63) is 54.3 Å². The van der Waals surface area contributed by atoms with Gasteiger partial charge >= 0.3 is 0 Å². The SMILES string of the molecule is O=S(=O)(Nc1ccc(Br)c(Cl)c1Cl)c1ccc(Cl)c(Br)c1. The molecule has 21 heavy (non-hydrogen) atoms. The van der Waals surface area contributed by atoms with Crippen molar-refractivity contribution in [3.8, 4) is 0 Å². The fourth-order valence-electron chi connectivity index (χ4n) is 1.45. The molecule has 2 aromatic rings. The van der Waals surface area contributed by atoms with Crippen LogP contribution in [-0.4, -0.2) is 8.42 Å². The molecule has 9 heteroatoms. The number of hydrogen-bond acceptors (Lipinski definition) is 2. The van der Waals surface area contributed by atoms with Gasteiger partial charge in [0.2, 0.25) is 0 Å². The molecule has 0 amide bonds. The summed E-state index contributed by atoms with van der Waals surface area (Å²) in [7, 11) is -3.80. The van der Waals surface area contributed by atoms with Gasteiger partial charge < -0.3 is 0 Å². The van der Waals surface area contributed by atoms with Crippen molar-refractivity contribution in [2.45, 2.75) is 4.90 Å². The Morgan fingerprint density at radius 2 is 1.57 bits per heavy atom. The molecule has 0 saturated carbocycles. The zero-order valence-corrected chi connectivity index (χ0v) is 16.3. The van der Waals surface area contributed by atoms with Crippen LogP contribution < -0.4 is 4.72 Å². The van der Waals surface area contributed by atoms with Gasteiger partial charge in [-0.05, 0) is 62.2 Å². The Kier molecular flexibility index (Phi) is 5.50. The summed E-state index contributed by atoms with van der Waals surface area (Å²) in [6, 6.07) is 7.39. The van der Waals surface area contributed by atoms with E-state index >= 15 is 0 Å². The first kappa shape index (κ1) is 17.4. The highest BCUT2D eigenvalue weighted by Crippen LogP contribution is 2.37. The number of benzene rings is 2. The van der Waals surface area contributed by atoms with Gasteiger partial charge in [-0.3, -0.25) is 4.72 Å². The van der Waals surface area contributed by atoms with Crippen molar-refractivity contribution >= 4 is 82.4 Å². The molecule has 1 N–H and O–H groups in total. The molecule has 112 valence electrons. The molecule has 0 aromatic heterocycles. The van der Waals surface area contributed by atoms with Gasteiger partial charge in [-0.15, -0.1) is 0 Å². The van der Waals surface area contributed by atoms with Crippen molar-refractivity contribution < 1.29 is 8.42 Å². The third-order valence-corrected chi connectivity index (χ3v) is 6.83. The molecular formula is C12H6Br2Cl3NO2S. The van der Waals surface area contributed by atoms with E-state index in [1.54, 1.807) is 6.07 Å². The average molecular weight is 494 g/mol. The zero-order valence-electron chi connectivity index (χ0n) is 10.0. The molecule has 0 saturated heterocycles. The van der Waals surface area contributed by atoms with E-state index in [1.807, 2.05) is 0 Å². The second-order valence-corrected chi connectivity index (χ2v) is 8.46. The molecule has 0 atom stereocenters. The first-order chi connectivity index (χ1) is 9.72. The van der Waals surface area contributed by atoms with Crippen LogP contribution in [0.2, 0.25) is 15.1 Å². The van der Waals surface area contributed by atoms with Gasteiger partial charge in [0.15, 0.2) is 0 Å². The third-order valence-electron chi connectivity index (χ3n) is 2.48. The molecule has 0 bridgehead atoms. The summed E-state index contributed by atoms with van der Waals surface area (Å²) >= 11 is 24.2. The monoisotopic (exact) mass is 491 g/mol. The van der Waals surface area contributed by atoms with Crippen molar-refractivity contribution in [1.29, 1.82) is 0 Å². The third kappa shape index (κ3) is 3.86. The predicted octanol–water partition coefficient (Wildman–Crippen LogP) is 5.97. The highest BCUT2D eigenvalue weighted by molar-refractivity contribution is 9.10. The normalized spacial score (nSPS) is 11.5. The molecule has 0 radical (unpaired) electrons. The predicted molar refractivity (Wildman–Crippen MR) is 94.1 cm³/mol. The molecule has 3 nitrogen and oxygen atoms in total. The summed E-state index contributed by atoms with van der Waals surface area (Å²) in [5.41, 5.74) is 0.191. The maximum absolute atomic E-state index is 12.3. The van der Waals surface area contributed by atoms with E-state index in [0.29, 0.717) is 14.0 Å². The summed E-state index contributed by atoms with van der Waals surface area (Å²) in [5, 5.41) is 0.760. The largest absolute Gasteiger partial charge is 0.278 e. The van der Waals surface area contributed by atoms with Crippen molar-refractivity contribution in [1.82, 2.24) is 0 Å². The highest BCUT2D eigenvalue weighted by atomic mass is 79.9. The lowest BCUT2D eigenvalue weighted by molar-refractivity contribution is 0.601. The van der Waals surface area contributed by atoms with E-state index < -0.39 is 10.0 Å². The van der Waals surface area contributed by atoms with Crippen LogP contribution in [0.1, 0.15) is 0 Å². The number of sulfonamides is 1. The van der Waals surface area contributed by atoms with E-state index in [1.165, 1.54) is 24.3 Å². The second-order valence-electron chi connectivity index (χ2n) is 3.90. The highest BCUT2D eigenvalue weighted by Gasteiger charge is 2.18. The van der Waals surface area contributed by atoms with Crippen LogP contribution >= 0.6 is 66.7 Å². The number of halogens is 5. The van der Waals surface area contributed by atoms with Crippen LogP contribution in [0.4, 0.5) is 5.69 Å². The van der Waals surface area contributed by atoms with Crippen LogP contribution in [0.3, 0.4) is 0 Å². The minimum atomic E-state index is -3.80. The van der Waals surface area contributed by atoms with Gasteiger partial charge in [-0.25, -0.2) is 8.42 Å². The lowest BCUT2D eigenvalue weighted by Gasteiger charge is -2.11. The number of hydrogen-bond donors (Lipinski definition) is 1. The number of rotatable bonds is 3. The zero-order chi connectivity index (χ0) is 15.8. The number of anilines is 1. The van der Waals surface area contributed by atoms with E-state index in [2.05, 4.69) is 36.6 Å².